The molecule has 1 atom stereocenters. The fourth-order valence-corrected chi connectivity index (χ4v) is 3.75. The van der Waals surface area contributed by atoms with Crippen molar-refractivity contribution in [3.8, 4) is 0 Å². The number of unbranched alkanes of at least 4 members (excludes halogenated alkanes) is 5. The van der Waals surface area contributed by atoms with Gasteiger partial charge in [-0.05, 0) is 50.8 Å². The van der Waals surface area contributed by atoms with Gasteiger partial charge in [0.15, 0.2) is 0 Å². The van der Waals surface area contributed by atoms with E-state index in [0.29, 0.717) is 11.5 Å². The summed E-state index contributed by atoms with van der Waals surface area (Å²) in [5, 5.41) is 0. The fraction of sp³-hybridized carbons (Fsp3) is 0.522. The molecule has 4 nitrogen and oxygen atoms in total. The molecular weight excluding hydrogens is 370 g/mol. The first-order valence-electron chi connectivity index (χ1n) is 10.4. The third-order valence-electron chi connectivity index (χ3n) is 4.45. The van der Waals surface area contributed by atoms with Crippen molar-refractivity contribution in [3.05, 3.63) is 53.6 Å². The third-order valence-corrected chi connectivity index (χ3v) is 5.85. The topological polar surface area (TPSA) is 46.6 Å². The van der Waals surface area contributed by atoms with Crippen molar-refractivity contribution in [2.24, 2.45) is 0 Å². The van der Waals surface area contributed by atoms with Crippen LogP contribution in [0.1, 0.15) is 59.3 Å². The van der Waals surface area contributed by atoms with Gasteiger partial charge in [0.2, 0.25) is 0 Å². The van der Waals surface area contributed by atoms with E-state index >= 15 is 0 Å². The van der Waals surface area contributed by atoms with E-state index in [1.54, 1.807) is 24.3 Å². The van der Waals surface area contributed by atoms with Gasteiger partial charge in [-0.15, -0.1) is 0 Å². The van der Waals surface area contributed by atoms with Crippen LogP contribution in [0.2, 0.25) is 0 Å². The van der Waals surface area contributed by atoms with Crippen LogP contribution in [0.5, 0.6) is 0 Å². The predicted octanol–water partition coefficient (Wildman–Crippen LogP) is 5.44. The number of esters is 1. The van der Waals surface area contributed by atoms with Crippen molar-refractivity contribution in [2.75, 3.05) is 19.7 Å². The minimum Gasteiger partial charge on any atom is -0.462 e. The van der Waals surface area contributed by atoms with E-state index in [4.69, 9.17) is 4.74 Å². The Balaban J connectivity index is 2.74. The summed E-state index contributed by atoms with van der Waals surface area (Å²) in [4.78, 5) is 15.5. The van der Waals surface area contributed by atoms with E-state index in [0.717, 1.165) is 32.4 Å². The summed E-state index contributed by atoms with van der Waals surface area (Å²) in [7, 11) is -1.56. The van der Waals surface area contributed by atoms with Gasteiger partial charge in [-0.3, -0.25) is 0 Å². The van der Waals surface area contributed by atoms with E-state index in [1.165, 1.54) is 19.3 Å². The van der Waals surface area contributed by atoms with Gasteiger partial charge in [-0.2, -0.15) is 0 Å². The minimum atomic E-state index is -1.56. The van der Waals surface area contributed by atoms with Crippen molar-refractivity contribution in [2.45, 2.75) is 64.2 Å². The van der Waals surface area contributed by atoms with Gasteiger partial charge < -0.3 is 9.64 Å². The van der Waals surface area contributed by atoms with Crippen molar-refractivity contribution >= 4 is 16.8 Å². The number of ether oxygens (including phenoxy) is 1. The van der Waals surface area contributed by atoms with E-state index < -0.39 is 16.8 Å². The molecular formula is C23H35NO3S. The summed E-state index contributed by atoms with van der Waals surface area (Å²) in [6, 6.07) is 9.02. The van der Waals surface area contributed by atoms with Crippen LogP contribution in [0.4, 0.5) is 0 Å². The highest BCUT2D eigenvalue weighted by molar-refractivity contribution is 7.90. The molecule has 5 heteroatoms. The second-order valence-electron chi connectivity index (χ2n) is 6.58. The predicted molar refractivity (Wildman–Crippen MR) is 117 cm³/mol. The van der Waals surface area contributed by atoms with Crippen LogP contribution >= 0.6 is 0 Å². The maximum atomic E-state index is 12.9. The number of benzene rings is 1. The zero-order valence-corrected chi connectivity index (χ0v) is 18.4. The zero-order chi connectivity index (χ0) is 20.6. The second kappa shape index (κ2) is 15.1. The van der Waals surface area contributed by atoms with Gasteiger partial charge in [0, 0.05) is 18.0 Å². The summed E-state index contributed by atoms with van der Waals surface area (Å²) in [6.45, 7) is 8.44. The molecule has 0 aliphatic rings. The molecule has 0 aliphatic carbocycles. The number of carbonyl (C=O) groups is 1. The van der Waals surface area contributed by atoms with Crippen molar-refractivity contribution < 1.29 is 13.7 Å². The van der Waals surface area contributed by atoms with E-state index in [2.05, 4.69) is 25.7 Å². The first-order chi connectivity index (χ1) is 13.6. The lowest BCUT2D eigenvalue weighted by atomic mass is 10.1. The molecule has 1 unspecified atom stereocenters. The molecule has 0 radical (unpaired) electrons. The molecule has 0 N–H and O–H groups in total. The Morgan fingerprint density at radius 1 is 1.00 bits per heavy atom. The Morgan fingerprint density at radius 3 is 2.29 bits per heavy atom. The van der Waals surface area contributed by atoms with Crippen LogP contribution in [0.3, 0.4) is 0 Å². The first kappa shape index (κ1) is 24.2. The lowest BCUT2D eigenvalue weighted by Crippen LogP contribution is -2.15. The maximum absolute atomic E-state index is 12.9. The molecule has 0 heterocycles. The number of rotatable bonds is 14. The normalized spacial score (nSPS) is 12.9. The summed E-state index contributed by atoms with van der Waals surface area (Å²) in [5.74, 6) is -0.500. The summed E-state index contributed by atoms with van der Waals surface area (Å²) < 4.78 is 18.3. The average Bonchev–Trinajstić information content (AvgIpc) is 2.73. The molecule has 0 amide bonds. The van der Waals surface area contributed by atoms with Gasteiger partial charge in [0.1, 0.15) is 4.91 Å². The molecule has 0 saturated heterocycles. The zero-order valence-electron chi connectivity index (χ0n) is 17.6. The SMILES string of the molecule is CCCCCCCCOC(=O)/C(=C/C=C/N(CC)CC)S(=O)c1ccccc1. The molecule has 28 heavy (non-hydrogen) atoms. The van der Waals surface area contributed by atoms with Crippen LogP contribution in [0.15, 0.2) is 58.5 Å². The standard InChI is InChI=1S/C23H35NO3S/c1-4-7-8-9-10-14-20-27-23(25)22(18-15-19-24(5-2)6-3)28(26)21-16-12-11-13-17-21/h11-13,15-19H,4-10,14,20H2,1-3H3/b19-15+,22-18-. The average molecular weight is 406 g/mol. The van der Waals surface area contributed by atoms with Crippen LogP contribution in [0.25, 0.3) is 0 Å². The van der Waals surface area contributed by atoms with E-state index in [1.807, 2.05) is 24.4 Å². The van der Waals surface area contributed by atoms with Crippen LogP contribution < -0.4 is 0 Å². The number of hydrogen-bond donors (Lipinski definition) is 0. The lowest BCUT2D eigenvalue weighted by molar-refractivity contribution is -0.138. The van der Waals surface area contributed by atoms with Gasteiger partial charge in [0.05, 0.1) is 17.4 Å². The fourth-order valence-electron chi connectivity index (χ4n) is 2.68. The summed E-state index contributed by atoms with van der Waals surface area (Å²) >= 11 is 0. The molecule has 0 aliphatic heterocycles. The summed E-state index contributed by atoms with van der Waals surface area (Å²) in [6.07, 6.45) is 12.0. The third kappa shape index (κ3) is 9.36. The van der Waals surface area contributed by atoms with E-state index in [9.17, 15) is 9.00 Å². The Hall–Kier alpha value is -1.88. The summed E-state index contributed by atoms with van der Waals surface area (Å²) in [5.41, 5.74) is 0. The highest BCUT2D eigenvalue weighted by atomic mass is 32.2. The highest BCUT2D eigenvalue weighted by Crippen LogP contribution is 2.16. The quantitative estimate of drug-likeness (QED) is 0.179. The van der Waals surface area contributed by atoms with Crippen LogP contribution in [-0.2, 0) is 20.3 Å². The molecule has 0 spiro atoms. The van der Waals surface area contributed by atoms with Gasteiger partial charge in [0.25, 0.3) is 0 Å². The second-order valence-corrected chi connectivity index (χ2v) is 8.03. The minimum absolute atomic E-state index is 0.181. The van der Waals surface area contributed by atoms with Crippen molar-refractivity contribution in [1.29, 1.82) is 0 Å². The Kier molecular flexibility index (Phi) is 13.0. The number of allylic oxidation sites excluding steroid dienone is 2. The van der Waals surface area contributed by atoms with Gasteiger partial charge >= 0.3 is 5.97 Å². The molecule has 0 saturated carbocycles. The van der Waals surface area contributed by atoms with Crippen LogP contribution in [0, 0.1) is 0 Å². The largest absolute Gasteiger partial charge is 0.462 e. The lowest BCUT2D eigenvalue weighted by Gasteiger charge is -2.14. The highest BCUT2D eigenvalue weighted by Gasteiger charge is 2.19. The molecule has 156 valence electrons. The maximum Gasteiger partial charge on any atom is 0.347 e. The van der Waals surface area contributed by atoms with Crippen molar-refractivity contribution in [1.82, 2.24) is 4.90 Å². The van der Waals surface area contributed by atoms with E-state index in [-0.39, 0.29) is 4.91 Å². The molecule has 1 aromatic rings. The molecule has 0 fully saturated rings. The smallest absolute Gasteiger partial charge is 0.347 e. The van der Waals surface area contributed by atoms with Crippen LogP contribution in [-0.4, -0.2) is 34.8 Å². The molecule has 0 bridgehead atoms. The first-order valence-corrected chi connectivity index (χ1v) is 11.5. The van der Waals surface area contributed by atoms with Crippen molar-refractivity contribution in [3.63, 3.8) is 0 Å². The Bertz CT molecular complexity index is 637. The van der Waals surface area contributed by atoms with Gasteiger partial charge in [-0.25, -0.2) is 9.00 Å². The number of carbonyl (C=O) groups excluding carboxylic acids is 1. The monoisotopic (exact) mass is 405 g/mol. The Labute approximate surface area is 173 Å². The van der Waals surface area contributed by atoms with Gasteiger partial charge in [-0.1, -0.05) is 57.2 Å². The number of hydrogen-bond acceptors (Lipinski definition) is 4. The number of nitrogens with zero attached hydrogens (tertiary/aromatic N) is 1. The molecule has 0 aromatic heterocycles. The Morgan fingerprint density at radius 2 is 1.64 bits per heavy atom. The molecule has 1 aromatic carbocycles. The molecule has 1 rings (SSSR count).